The molecule has 1 atom stereocenters. The molecule has 0 saturated heterocycles. The first-order valence-corrected chi connectivity index (χ1v) is 4.49. The molecule has 2 rings (SSSR count). The van der Waals surface area contributed by atoms with E-state index in [0.717, 1.165) is 11.3 Å². The molecule has 2 nitrogen and oxygen atoms in total. The first kappa shape index (κ1) is 8.48. The van der Waals surface area contributed by atoms with Gasteiger partial charge in [0, 0.05) is 30.0 Å². The highest BCUT2D eigenvalue weighted by Gasteiger charge is 2.23. The zero-order chi connectivity index (χ0) is 9.26. The molecule has 13 heavy (non-hydrogen) atoms. The van der Waals surface area contributed by atoms with Crippen molar-refractivity contribution in [2.45, 2.75) is 12.8 Å². The third-order valence-corrected chi connectivity index (χ3v) is 2.43. The summed E-state index contributed by atoms with van der Waals surface area (Å²) in [4.78, 5) is 0. The Morgan fingerprint density at radius 2 is 2.46 bits per heavy atom. The Hall–Kier alpha value is -1.12. The van der Waals surface area contributed by atoms with Gasteiger partial charge >= 0.3 is 0 Å². The van der Waals surface area contributed by atoms with Crippen molar-refractivity contribution >= 4 is 5.71 Å². The van der Waals surface area contributed by atoms with Crippen LogP contribution in [-0.2, 0) is 4.74 Å². The number of ether oxygens (including phenoxy) is 1. The zero-order valence-corrected chi connectivity index (χ0v) is 7.35. The van der Waals surface area contributed by atoms with E-state index in [0.29, 0.717) is 25.2 Å². The SMILES string of the molecule is N=C1CCOC2=C1C=CC(CF)C2. The Morgan fingerprint density at radius 3 is 3.23 bits per heavy atom. The van der Waals surface area contributed by atoms with E-state index in [-0.39, 0.29) is 12.6 Å². The lowest BCUT2D eigenvalue weighted by molar-refractivity contribution is 0.189. The van der Waals surface area contributed by atoms with Gasteiger partial charge in [-0.25, -0.2) is 0 Å². The van der Waals surface area contributed by atoms with Gasteiger partial charge in [-0.3, -0.25) is 4.39 Å². The van der Waals surface area contributed by atoms with Gasteiger partial charge < -0.3 is 10.1 Å². The van der Waals surface area contributed by atoms with Crippen molar-refractivity contribution in [2.75, 3.05) is 13.3 Å². The Bertz CT molecular complexity index is 293. The molecule has 1 unspecified atom stereocenters. The summed E-state index contributed by atoms with van der Waals surface area (Å²) in [6.45, 7) is 0.231. The van der Waals surface area contributed by atoms with Crippen LogP contribution < -0.4 is 0 Å². The van der Waals surface area contributed by atoms with Crippen LogP contribution in [0.25, 0.3) is 0 Å². The number of allylic oxidation sites excluding steroid dienone is 4. The van der Waals surface area contributed by atoms with E-state index in [1.165, 1.54) is 0 Å². The molecule has 3 heteroatoms. The van der Waals surface area contributed by atoms with Crippen LogP contribution in [-0.4, -0.2) is 19.0 Å². The van der Waals surface area contributed by atoms with Crippen LogP contribution in [0.3, 0.4) is 0 Å². The van der Waals surface area contributed by atoms with Gasteiger partial charge in [0.1, 0.15) is 5.76 Å². The average Bonchev–Trinajstić information content (AvgIpc) is 2.18. The minimum atomic E-state index is -0.343. The first-order valence-electron chi connectivity index (χ1n) is 4.49. The van der Waals surface area contributed by atoms with Gasteiger partial charge in [0.2, 0.25) is 0 Å². The predicted octanol–water partition coefficient (Wildman–Crippen LogP) is 2.23. The quantitative estimate of drug-likeness (QED) is 0.661. The fourth-order valence-corrected chi connectivity index (χ4v) is 1.66. The minimum absolute atomic E-state index is 0.0513. The lowest BCUT2D eigenvalue weighted by Crippen LogP contribution is -2.20. The van der Waals surface area contributed by atoms with E-state index in [2.05, 4.69) is 0 Å². The van der Waals surface area contributed by atoms with Crippen LogP contribution in [0.2, 0.25) is 0 Å². The van der Waals surface area contributed by atoms with Crippen LogP contribution >= 0.6 is 0 Å². The van der Waals surface area contributed by atoms with Crippen molar-refractivity contribution in [1.29, 1.82) is 5.41 Å². The molecule has 1 N–H and O–H groups in total. The minimum Gasteiger partial charge on any atom is -0.497 e. The third-order valence-electron chi connectivity index (χ3n) is 2.43. The maximum absolute atomic E-state index is 12.4. The lowest BCUT2D eigenvalue weighted by Gasteiger charge is -2.25. The molecule has 1 aliphatic heterocycles. The van der Waals surface area contributed by atoms with Crippen molar-refractivity contribution < 1.29 is 9.13 Å². The third kappa shape index (κ3) is 1.50. The lowest BCUT2D eigenvalue weighted by atomic mass is 9.91. The van der Waals surface area contributed by atoms with Crippen molar-refractivity contribution in [2.24, 2.45) is 5.92 Å². The molecule has 0 aromatic carbocycles. The largest absolute Gasteiger partial charge is 0.497 e. The van der Waals surface area contributed by atoms with Crippen LogP contribution in [0, 0.1) is 11.3 Å². The Balaban J connectivity index is 2.23. The molecule has 0 aromatic rings. The smallest absolute Gasteiger partial charge is 0.106 e. The Kier molecular flexibility index (Phi) is 2.17. The summed E-state index contributed by atoms with van der Waals surface area (Å²) in [5.74, 6) is 0.756. The number of hydrogen-bond donors (Lipinski definition) is 1. The van der Waals surface area contributed by atoms with Crippen LogP contribution in [0.4, 0.5) is 4.39 Å². The second-order valence-electron chi connectivity index (χ2n) is 3.39. The molecule has 0 amide bonds. The van der Waals surface area contributed by atoms with Crippen LogP contribution in [0.1, 0.15) is 12.8 Å². The number of hydrogen-bond acceptors (Lipinski definition) is 2. The van der Waals surface area contributed by atoms with E-state index < -0.39 is 0 Å². The summed E-state index contributed by atoms with van der Waals surface area (Å²) in [5.41, 5.74) is 1.49. The molecule has 70 valence electrons. The molecule has 1 heterocycles. The molecule has 0 bridgehead atoms. The Labute approximate surface area is 76.6 Å². The van der Waals surface area contributed by atoms with Gasteiger partial charge in [-0.15, -0.1) is 0 Å². The van der Waals surface area contributed by atoms with Gasteiger partial charge in [-0.05, 0) is 0 Å². The molecule has 0 spiro atoms. The van der Waals surface area contributed by atoms with Crippen molar-refractivity contribution in [3.05, 3.63) is 23.5 Å². The standard InChI is InChI=1S/C10H12FNO/c11-6-7-1-2-8-9(12)3-4-13-10(8)5-7/h1-2,7,12H,3-6H2. The second kappa shape index (κ2) is 3.32. The van der Waals surface area contributed by atoms with Gasteiger partial charge in [0.25, 0.3) is 0 Å². The predicted molar refractivity (Wildman–Crippen MR) is 48.5 cm³/mol. The number of rotatable bonds is 1. The zero-order valence-electron chi connectivity index (χ0n) is 7.35. The van der Waals surface area contributed by atoms with E-state index in [1.807, 2.05) is 12.2 Å². The summed E-state index contributed by atoms with van der Waals surface area (Å²) in [7, 11) is 0. The van der Waals surface area contributed by atoms with Crippen LogP contribution in [0.5, 0.6) is 0 Å². The van der Waals surface area contributed by atoms with Gasteiger partial charge in [-0.1, -0.05) is 12.2 Å². The molecule has 2 aliphatic rings. The number of halogens is 1. The molecule has 0 saturated carbocycles. The van der Waals surface area contributed by atoms with Crippen molar-refractivity contribution in [3.8, 4) is 0 Å². The maximum atomic E-state index is 12.4. The normalized spacial score (nSPS) is 27.2. The number of alkyl halides is 1. The first-order chi connectivity index (χ1) is 6.31. The maximum Gasteiger partial charge on any atom is 0.106 e. The molecular weight excluding hydrogens is 169 g/mol. The fraction of sp³-hybridized carbons (Fsp3) is 0.500. The highest BCUT2D eigenvalue weighted by atomic mass is 19.1. The summed E-state index contributed by atoms with van der Waals surface area (Å²) >= 11 is 0. The van der Waals surface area contributed by atoms with Crippen molar-refractivity contribution in [3.63, 3.8) is 0 Å². The van der Waals surface area contributed by atoms with E-state index in [4.69, 9.17) is 10.1 Å². The fourth-order valence-electron chi connectivity index (χ4n) is 1.66. The van der Waals surface area contributed by atoms with Crippen LogP contribution in [0.15, 0.2) is 23.5 Å². The van der Waals surface area contributed by atoms with Gasteiger partial charge in [0.05, 0.1) is 13.3 Å². The molecular formula is C10H12FNO. The summed E-state index contributed by atoms with van der Waals surface area (Å²) < 4.78 is 17.8. The topological polar surface area (TPSA) is 33.1 Å². The van der Waals surface area contributed by atoms with E-state index >= 15 is 0 Å². The van der Waals surface area contributed by atoms with E-state index in [9.17, 15) is 4.39 Å². The Morgan fingerprint density at radius 1 is 1.62 bits per heavy atom. The number of nitrogens with one attached hydrogen (secondary N) is 1. The van der Waals surface area contributed by atoms with E-state index in [1.54, 1.807) is 0 Å². The van der Waals surface area contributed by atoms with Crippen molar-refractivity contribution in [1.82, 2.24) is 0 Å². The monoisotopic (exact) mass is 181 g/mol. The molecule has 0 aromatic heterocycles. The van der Waals surface area contributed by atoms with Gasteiger partial charge in [0.15, 0.2) is 0 Å². The molecule has 0 radical (unpaired) electrons. The summed E-state index contributed by atoms with van der Waals surface area (Å²) in [6.07, 6.45) is 4.95. The second-order valence-corrected chi connectivity index (χ2v) is 3.39. The van der Waals surface area contributed by atoms with Gasteiger partial charge in [-0.2, -0.15) is 0 Å². The summed E-state index contributed by atoms with van der Waals surface area (Å²) in [6, 6.07) is 0. The molecule has 1 aliphatic carbocycles. The summed E-state index contributed by atoms with van der Waals surface area (Å²) in [5, 5.41) is 7.65. The highest BCUT2D eigenvalue weighted by Crippen LogP contribution is 2.28. The molecule has 0 fully saturated rings. The average molecular weight is 181 g/mol. The highest BCUT2D eigenvalue weighted by molar-refractivity contribution is 6.01.